The Morgan fingerprint density at radius 3 is 2.71 bits per heavy atom. The van der Waals surface area contributed by atoms with E-state index >= 15 is 0 Å². The van der Waals surface area contributed by atoms with Crippen molar-refractivity contribution in [2.75, 3.05) is 11.2 Å². The highest BCUT2D eigenvalue weighted by molar-refractivity contribution is 7.98. The van der Waals surface area contributed by atoms with Gasteiger partial charge in [-0.15, -0.1) is 10.2 Å². The number of aromatic nitrogens is 3. The first-order chi connectivity index (χ1) is 14.9. The van der Waals surface area contributed by atoms with Gasteiger partial charge in [-0.25, -0.2) is 0 Å². The second-order valence-corrected chi connectivity index (χ2v) is 8.39. The maximum atomic E-state index is 12.9. The Bertz CT molecular complexity index is 1140. The second-order valence-electron chi connectivity index (χ2n) is 7.18. The number of hydrogen-bond acceptors (Lipinski definition) is 7. The lowest BCUT2D eigenvalue weighted by Crippen LogP contribution is -2.36. The Labute approximate surface area is 189 Å². The third-order valence-electron chi connectivity index (χ3n) is 4.64. The molecule has 0 spiro atoms. The number of benzene rings is 2. The van der Waals surface area contributed by atoms with Crippen molar-refractivity contribution < 1.29 is 14.3 Å². The SMILES string of the molecule is CSc1nnc2c(n1)OC(c1ccccc1OC(C)C)N(C(C)=O)c1ccc(Cl)cc1-2. The van der Waals surface area contributed by atoms with E-state index in [4.69, 9.17) is 21.1 Å². The molecule has 31 heavy (non-hydrogen) atoms. The fourth-order valence-electron chi connectivity index (χ4n) is 3.41. The van der Waals surface area contributed by atoms with E-state index in [1.165, 1.54) is 18.7 Å². The van der Waals surface area contributed by atoms with Gasteiger partial charge in [-0.3, -0.25) is 9.69 Å². The van der Waals surface area contributed by atoms with Gasteiger partial charge < -0.3 is 9.47 Å². The number of nitrogens with zero attached hydrogens (tertiary/aromatic N) is 4. The summed E-state index contributed by atoms with van der Waals surface area (Å²) in [6.45, 7) is 5.38. The molecule has 2 heterocycles. The predicted octanol–water partition coefficient (Wildman–Crippen LogP) is 5.15. The zero-order valence-electron chi connectivity index (χ0n) is 17.5. The summed E-state index contributed by atoms with van der Waals surface area (Å²) in [7, 11) is 0. The van der Waals surface area contributed by atoms with Crippen molar-refractivity contribution in [3.05, 3.63) is 53.1 Å². The molecule has 1 aliphatic rings. The molecule has 1 aromatic heterocycles. The molecule has 7 nitrogen and oxygen atoms in total. The third-order valence-corrected chi connectivity index (χ3v) is 5.41. The van der Waals surface area contributed by atoms with Crippen LogP contribution in [0, 0.1) is 0 Å². The van der Waals surface area contributed by atoms with Gasteiger partial charge in [0.15, 0.2) is 5.69 Å². The molecule has 1 atom stereocenters. The average Bonchev–Trinajstić information content (AvgIpc) is 2.87. The van der Waals surface area contributed by atoms with Crippen LogP contribution in [0.2, 0.25) is 5.02 Å². The molecule has 9 heteroatoms. The first-order valence-electron chi connectivity index (χ1n) is 9.69. The van der Waals surface area contributed by atoms with E-state index < -0.39 is 6.23 Å². The minimum absolute atomic E-state index is 0.0526. The second kappa shape index (κ2) is 8.72. The van der Waals surface area contributed by atoms with Gasteiger partial charge in [0, 0.05) is 17.5 Å². The number of amides is 1. The van der Waals surface area contributed by atoms with Gasteiger partial charge in [-0.05, 0) is 50.4 Å². The highest BCUT2D eigenvalue weighted by Crippen LogP contribution is 2.45. The van der Waals surface area contributed by atoms with E-state index in [0.29, 0.717) is 38.4 Å². The molecule has 3 aromatic rings. The molecule has 2 aromatic carbocycles. The van der Waals surface area contributed by atoms with Crippen molar-refractivity contribution in [2.45, 2.75) is 38.3 Å². The van der Waals surface area contributed by atoms with Crippen LogP contribution >= 0.6 is 23.4 Å². The molecule has 0 saturated heterocycles. The number of fused-ring (bicyclic) bond motifs is 3. The summed E-state index contributed by atoms with van der Waals surface area (Å²) < 4.78 is 12.4. The lowest BCUT2D eigenvalue weighted by atomic mass is 10.1. The van der Waals surface area contributed by atoms with E-state index in [9.17, 15) is 4.79 Å². The monoisotopic (exact) mass is 456 g/mol. The Hall–Kier alpha value is -2.84. The number of para-hydroxylation sites is 1. The molecular weight excluding hydrogens is 436 g/mol. The average molecular weight is 457 g/mol. The summed E-state index contributed by atoms with van der Waals surface area (Å²) in [5, 5.41) is 9.46. The fourth-order valence-corrected chi connectivity index (χ4v) is 3.88. The van der Waals surface area contributed by atoms with Gasteiger partial charge in [0.1, 0.15) is 5.75 Å². The molecule has 0 fully saturated rings. The normalized spacial score (nSPS) is 15.0. The Balaban J connectivity index is 1.98. The standard InChI is InChI=1S/C22H21ClN4O3S/c1-12(2)29-18-8-6-5-7-15(18)21-27(13(3)28)17-10-9-14(23)11-16(17)19-20(30-21)24-22(31-4)26-25-19/h5-12,21H,1-4H3. The molecule has 0 aliphatic carbocycles. The summed E-state index contributed by atoms with van der Waals surface area (Å²) in [5.41, 5.74) is 2.35. The quantitative estimate of drug-likeness (QED) is 0.502. The molecule has 1 amide bonds. The number of carbonyl (C=O) groups excluding carboxylic acids is 1. The number of rotatable bonds is 4. The maximum Gasteiger partial charge on any atom is 0.247 e. The number of halogens is 1. The van der Waals surface area contributed by atoms with Crippen molar-refractivity contribution in [2.24, 2.45) is 0 Å². The molecular formula is C22H21ClN4O3S. The number of hydrogen-bond donors (Lipinski definition) is 0. The maximum absolute atomic E-state index is 12.9. The summed E-state index contributed by atoms with van der Waals surface area (Å²) in [6, 6.07) is 12.7. The van der Waals surface area contributed by atoms with Crippen molar-refractivity contribution in [3.8, 4) is 22.9 Å². The molecule has 1 aliphatic heterocycles. The van der Waals surface area contributed by atoms with Crippen LogP contribution < -0.4 is 14.4 Å². The van der Waals surface area contributed by atoms with Gasteiger partial charge >= 0.3 is 0 Å². The first kappa shape index (κ1) is 21.4. The van der Waals surface area contributed by atoms with E-state index in [1.54, 1.807) is 23.1 Å². The molecule has 0 N–H and O–H groups in total. The molecule has 160 valence electrons. The van der Waals surface area contributed by atoms with E-state index in [0.717, 1.165) is 0 Å². The Kier molecular flexibility index (Phi) is 6.02. The summed E-state index contributed by atoms with van der Waals surface area (Å²) in [6.07, 6.45) is 0.985. The van der Waals surface area contributed by atoms with Crippen LogP contribution in [-0.2, 0) is 4.79 Å². The zero-order chi connectivity index (χ0) is 22.1. The molecule has 0 radical (unpaired) electrons. The first-order valence-corrected chi connectivity index (χ1v) is 11.3. The lowest BCUT2D eigenvalue weighted by Gasteiger charge is -2.31. The number of anilines is 1. The number of thioether (sulfide) groups is 1. The van der Waals surface area contributed by atoms with Crippen LogP contribution in [0.4, 0.5) is 5.69 Å². The summed E-state index contributed by atoms with van der Waals surface area (Å²) in [4.78, 5) is 19.0. The van der Waals surface area contributed by atoms with Crippen LogP contribution in [0.25, 0.3) is 11.3 Å². The van der Waals surface area contributed by atoms with Gasteiger partial charge in [-0.1, -0.05) is 35.5 Å². The van der Waals surface area contributed by atoms with Crippen LogP contribution in [0.3, 0.4) is 0 Å². The van der Waals surface area contributed by atoms with Crippen LogP contribution in [0.5, 0.6) is 11.6 Å². The highest BCUT2D eigenvalue weighted by Gasteiger charge is 2.36. The molecule has 1 unspecified atom stereocenters. The van der Waals surface area contributed by atoms with E-state index in [2.05, 4.69) is 15.2 Å². The largest absolute Gasteiger partial charge is 0.491 e. The third kappa shape index (κ3) is 4.18. The van der Waals surface area contributed by atoms with Gasteiger partial charge in [-0.2, -0.15) is 4.98 Å². The number of ether oxygens (including phenoxy) is 2. The van der Waals surface area contributed by atoms with Crippen LogP contribution in [0.15, 0.2) is 47.6 Å². The van der Waals surface area contributed by atoms with Gasteiger partial charge in [0.05, 0.1) is 17.4 Å². The van der Waals surface area contributed by atoms with Crippen molar-refractivity contribution in [3.63, 3.8) is 0 Å². The smallest absolute Gasteiger partial charge is 0.247 e. The molecule has 0 bridgehead atoms. The molecule has 0 saturated carbocycles. The fraction of sp³-hybridized carbons (Fsp3) is 0.273. The van der Waals surface area contributed by atoms with Crippen molar-refractivity contribution >= 4 is 35.0 Å². The van der Waals surface area contributed by atoms with E-state index in [-0.39, 0.29) is 17.9 Å². The van der Waals surface area contributed by atoms with Crippen LogP contribution in [0.1, 0.15) is 32.6 Å². The predicted molar refractivity (Wildman–Crippen MR) is 121 cm³/mol. The Morgan fingerprint density at radius 2 is 2.00 bits per heavy atom. The molecule has 4 rings (SSSR count). The zero-order valence-corrected chi connectivity index (χ0v) is 19.1. The van der Waals surface area contributed by atoms with Crippen molar-refractivity contribution in [1.29, 1.82) is 0 Å². The van der Waals surface area contributed by atoms with Crippen molar-refractivity contribution in [1.82, 2.24) is 15.2 Å². The van der Waals surface area contributed by atoms with Gasteiger partial charge in [0.2, 0.25) is 23.2 Å². The topological polar surface area (TPSA) is 77.4 Å². The number of carbonyl (C=O) groups is 1. The highest BCUT2D eigenvalue weighted by atomic mass is 35.5. The van der Waals surface area contributed by atoms with Crippen LogP contribution in [-0.4, -0.2) is 33.4 Å². The summed E-state index contributed by atoms with van der Waals surface area (Å²) >= 11 is 7.63. The summed E-state index contributed by atoms with van der Waals surface area (Å²) in [5.74, 6) is 0.689. The Morgan fingerprint density at radius 1 is 1.23 bits per heavy atom. The minimum atomic E-state index is -0.819. The van der Waals surface area contributed by atoms with E-state index in [1.807, 2.05) is 44.4 Å². The van der Waals surface area contributed by atoms with Gasteiger partial charge in [0.25, 0.3) is 0 Å². The lowest BCUT2D eigenvalue weighted by molar-refractivity contribution is -0.118. The minimum Gasteiger partial charge on any atom is -0.491 e.